The standard InChI is InChI=1S/C12H13F6N3O/c1-3-9(22)21-10(11(13,14)15,12(16,17)18)20-8-6-4-5-7(2)19-8/h4-6H,3H2,1-2H3,(H,19,20)(H,21,22)/p+1. The summed E-state index contributed by atoms with van der Waals surface area (Å²) in [5.41, 5.74) is -4.25. The highest BCUT2D eigenvalue weighted by atomic mass is 19.4. The molecule has 0 radical (unpaired) electrons. The van der Waals surface area contributed by atoms with Crippen LogP contribution in [-0.4, -0.2) is 23.9 Å². The van der Waals surface area contributed by atoms with Crippen molar-refractivity contribution in [1.82, 2.24) is 5.32 Å². The molecule has 0 aromatic carbocycles. The fourth-order valence-corrected chi connectivity index (χ4v) is 1.63. The highest BCUT2D eigenvalue weighted by Crippen LogP contribution is 2.43. The summed E-state index contributed by atoms with van der Waals surface area (Å²) in [7, 11) is 0. The first-order chi connectivity index (χ1) is 9.93. The minimum atomic E-state index is -5.81. The van der Waals surface area contributed by atoms with Crippen LogP contribution in [-0.2, 0) is 4.79 Å². The lowest BCUT2D eigenvalue weighted by molar-refractivity contribution is -0.376. The smallest absolute Gasteiger partial charge is 0.300 e. The molecule has 3 N–H and O–H groups in total. The molecule has 1 rings (SSSR count). The Morgan fingerprint density at radius 1 is 1.14 bits per heavy atom. The maximum absolute atomic E-state index is 13.1. The van der Waals surface area contributed by atoms with E-state index in [1.54, 1.807) is 0 Å². The van der Waals surface area contributed by atoms with Crippen molar-refractivity contribution in [3.05, 3.63) is 23.9 Å². The van der Waals surface area contributed by atoms with Gasteiger partial charge in [-0.1, -0.05) is 13.0 Å². The molecule has 4 nitrogen and oxygen atoms in total. The fraction of sp³-hybridized carbons (Fsp3) is 0.500. The van der Waals surface area contributed by atoms with Crippen LogP contribution >= 0.6 is 0 Å². The van der Waals surface area contributed by atoms with Crippen LogP contribution in [0, 0.1) is 6.92 Å². The number of hydrogen-bond acceptors (Lipinski definition) is 2. The molecule has 1 aromatic heterocycles. The molecule has 0 fully saturated rings. The number of alkyl halides is 6. The van der Waals surface area contributed by atoms with Crippen molar-refractivity contribution in [3.63, 3.8) is 0 Å². The van der Waals surface area contributed by atoms with Crippen LogP contribution in [0.25, 0.3) is 0 Å². The Morgan fingerprint density at radius 3 is 2.09 bits per heavy atom. The number of nitrogens with one attached hydrogen (secondary N) is 3. The molecule has 0 atom stereocenters. The summed E-state index contributed by atoms with van der Waals surface area (Å²) in [6, 6.07) is 3.73. The third kappa shape index (κ3) is 3.60. The number of aryl methyl sites for hydroxylation is 1. The number of halogens is 6. The van der Waals surface area contributed by atoms with E-state index in [1.165, 1.54) is 24.4 Å². The Bertz CT molecular complexity index is 526. The van der Waals surface area contributed by atoms with Crippen LogP contribution in [0.4, 0.5) is 32.2 Å². The van der Waals surface area contributed by atoms with Crippen LogP contribution in [0.5, 0.6) is 0 Å². The van der Waals surface area contributed by atoms with Gasteiger partial charge in [0, 0.05) is 12.5 Å². The summed E-state index contributed by atoms with van der Waals surface area (Å²) in [6.45, 7) is 2.60. The lowest BCUT2D eigenvalue weighted by Crippen LogP contribution is -2.72. The van der Waals surface area contributed by atoms with Gasteiger partial charge in [-0.05, 0) is 13.0 Å². The molecule has 0 saturated heterocycles. The van der Waals surface area contributed by atoms with Crippen LogP contribution < -0.4 is 15.6 Å². The number of pyridine rings is 1. The minimum absolute atomic E-state index is 0.338. The molecule has 124 valence electrons. The maximum atomic E-state index is 13.1. The highest BCUT2D eigenvalue weighted by molar-refractivity contribution is 5.77. The fourth-order valence-electron chi connectivity index (χ4n) is 1.63. The lowest BCUT2D eigenvalue weighted by atomic mass is 10.1. The van der Waals surface area contributed by atoms with Gasteiger partial charge >= 0.3 is 18.0 Å². The predicted octanol–water partition coefficient (Wildman–Crippen LogP) is 2.57. The van der Waals surface area contributed by atoms with Gasteiger partial charge in [-0.25, -0.2) is 10.3 Å². The molecule has 0 spiro atoms. The monoisotopic (exact) mass is 330 g/mol. The van der Waals surface area contributed by atoms with Gasteiger partial charge in [0.1, 0.15) is 0 Å². The zero-order valence-corrected chi connectivity index (χ0v) is 11.6. The van der Waals surface area contributed by atoms with Crippen molar-refractivity contribution in [2.75, 3.05) is 5.32 Å². The number of rotatable bonds is 4. The molecular formula is C12H14F6N3O+. The van der Waals surface area contributed by atoms with E-state index < -0.39 is 36.2 Å². The van der Waals surface area contributed by atoms with E-state index in [9.17, 15) is 31.1 Å². The van der Waals surface area contributed by atoms with Crippen LogP contribution in [0.15, 0.2) is 18.2 Å². The molecule has 10 heteroatoms. The van der Waals surface area contributed by atoms with Crippen molar-refractivity contribution >= 4 is 11.7 Å². The van der Waals surface area contributed by atoms with Crippen LogP contribution in [0.1, 0.15) is 19.0 Å². The molecule has 22 heavy (non-hydrogen) atoms. The van der Waals surface area contributed by atoms with E-state index in [4.69, 9.17) is 0 Å². The van der Waals surface area contributed by atoms with E-state index in [1.807, 2.05) is 0 Å². The normalized spacial score (nSPS) is 12.9. The minimum Gasteiger partial charge on any atom is -0.300 e. The summed E-state index contributed by atoms with van der Waals surface area (Å²) in [5, 5.41) is 2.35. The molecule has 0 bridgehead atoms. The average molecular weight is 330 g/mol. The third-order valence-electron chi connectivity index (χ3n) is 2.76. The highest BCUT2D eigenvalue weighted by Gasteiger charge is 2.76. The third-order valence-corrected chi connectivity index (χ3v) is 2.76. The Morgan fingerprint density at radius 2 is 1.68 bits per heavy atom. The van der Waals surface area contributed by atoms with Crippen molar-refractivity contribution < 1.29 is 36.1 Å². The average Bonchev–Trinajstić information content (AvgIpc) is 2.35. The SMILES string of the molecule is CCC(=O)NC(Nc1cccc(C)[nH+]1)(C(F)(F)F)C(F)(F)F. The molecule has 1 amide bonds. The number of amides is 1. The van der Waals surface area contributed by atoms with Gasteiger partial charge in [0.2, 0.25) is 5.91 Å². The van der Waals surface area contributed by atoms with Crippen molar-refractivity contribution in [1.29, 1.82) is 0 Å². The van der Waals surface area contributed by atoms with Gasteiger partial charge < -0.3 is 0 Å². The number of aromatic amines is 1. The maximum Gasteiger partial charge on any atom is 0.462 e. The number of H-pyrrole nitrogens is 1. The molecule has 0 unspecified atom stereocenters. The van der Waals surface area contributed by atoms with E-state index in [2.05, 4.69) is 4.98 Å². The second-order valence-electron chi connectivity index (χ2n) is 4.52. The number of anilines is 1. The summed E-state index contributed by atoms with van der Waals surface area (Å²) < 4.78 is 78.9. The molecule has 1 heterocycles. The number of carbonyl (C=O) groups is 1. The second kappa shape index (κ2) is 6.01. The molecule has 0 aliphatic heterocycles. The Hall–Kier alpha value is -2.00. The van der Waals surface area contributed by atoms with Gasteiger partial charge in [0.15, 0.2) is 0 Å². The van der Waals surface area contributed by atoms with Gasteiger partial charge in [0.05, 0.1) is 5.69 Å². The molecular weight excluding hydrogens is 316 g/mol. The Kier molecular flexibility index (Phi) is 4.93. The predicted molar refractivity (Wildman–Crippen MR) is 64.6 cm³/mol. The van der Waals surface area contributed by atoms with Crippen molar-refractivity contribution in [3.8, 4) is 0 Å². The van der Waals surface area contributed by atoms with E-state index >= 15 is 0 Å². The molecule has 0 saturated carbocycles. The first-order valence-corrected chi connectivity index (χ1v) is 6.14. The first-order valence-electron chi connectivity index (χ1n) is 6.14. The van der Waals surface area contributed by atoms with Crippen molar-refractivity contribution in [2.24, 2.45) is 0 Å². The van der Waals surface area contributed by atoms with E-state index in [-0.39, 0.29) is 0 Å². The zero-order valence-electron chi connectivity index (χ0n) is 11.6. The second-order valence-corrected chi connectivity index (χ2v) is 4.52. The van der Waals surface area contributed by atoms with Gasteiger partial charge in [-0.2, -0.15) is 26.3 Å². The van der Waals surface area contributed by atoms with Crippen molar-refractivity contribution in [2.45, 2.75) is 38.3 Å². The van der Waals surface area contributed by atoms with E-state index in [0.717, 1.165) is 18.3 Å². The number of carbonyl (C=O) groups excluding carboxylic acids is 1. The largest absolute Gasteiger partial charge is 0.462 e. The lowest BCUT2D eigenvalue weighted by Gasteiger charge is -2.34. The topological polar surface area (TPSA) is 55.3 Å². The molecule has 0 aliphatic carbocycles. The number of aromatic nitrogens is 1. The van der Waals surface area contributed by atoms with Gasteiger partial charge in [-0.15, -0.1) is 0 Å². The van der Waals surface area contributed by atoms with Crippen LogP contribution in [0.2, 0.25) is 0 Å². The van der Waals surface area contributed by atoms with Gasteiger partial charge in [0.25, 0.3) is 5.82 Å². The summed E-state index contributed by atoms with van der Waals surface area (Å²) in [5.74, 6) is -1.93. The number of hydrogen-bond donors (Lipinski definition) is 2. The first kappa shape index (κ1) is 18.1. The molecule has 1 aromatic rings. The van der Waals surface area contributed by atoms with E-state index in [0.29, 0.717) is 5.69 Å². The Balaban J connectivity index is 3.39. The zero-order chi connectivity index (χ0) is 17.2. The van der Waals surface area contributed by atoms with Crippen LogP contribution in [0.3, 0.4) is 0 Å². The molecule has 0 aliphatic rings. The quantitative estimate of drug-likeness (QED) is 0.658. The van der Waals surface area contributed by atoms with Gasteiger partial charge in [-0.3, -0.25) is 10.1 Å². The summed E-state index contributed by atoms with van der Waals surface area (Å²) >= 11 is 0. The Labute approximate surface area is 121 Å². The summed E-state index contributed by atoms with van der Waals surface area (Å²) in [4.78, 5) is 13.6. The summed E-state index contributed by atoms with van der Waals surface area (Å²) in [6.07, 6.45) is -12.2.